The molecule has 1 heterocycles. The van der Waals surface area contributed by atoms with Gasteiger partial charge in [-0.25, -0.2) is 4.68 Å². The second-order valence-corrected chi connectivity index (χ2v) is 6.00. The molecule has 0 aliphatic rings. The highest BCUT2D eigenvalue weighted by molar-refractivity contribution is 6.05. The number of hydrogen-bond donors (Lipinski definition) is 2. The Labute approximate surface area is 157 Å². The molecular weight excluding hydrogens is 373 g/mol. The molecule has 0 bridgehead atoms. The van der Waals surface area contributed by atoms with E-state index in [0.29, 0.717) is 11.4 Å². The van der Waals surface area contributed by atoms with Gasteiger partial charge in [0.2, 0.25) is 5.91 Å². The van der Waals surface area contributed by atoms with Crippen molar-refractivity contribution in [3.05, 3.63) is 77.1 Å². The normalized spacial score (nSPS) is 11.3. The fraction of sp³-hybridized carbons (Fsp3) is 0.105. The minimum atomic E-state index is -4.48. The average molecular weight is 388 g/mol. The van der Waals surface area contributed by atoms with E-state index in [-0.39, 0.29) is 16.8 Å². The van der Waals surface area contributed by atoms with Gasteiger partial charge in [-0.05, 0) is 43.3 Å². The Morgan fingerprint density at radius 3 is 2.50 bits per heavy atom. The topological polar surface area (TPSA) is 90.0 Å². The Bertz CT molecular complexity index is 1060. The number of rotatable bonds is 4. The lowest BCUT2D eigenvalue weighted by Crippen LogP contribution is -2.15. The lowest BCUT2D eigenvalue weighted by molar-refractivity contribution is -0.137. The number of amides is 2. The lowest BCUT2D eigenvalue weighted by Gasteiger charge is -2.10. The highest BCUT2D eigenvalue weighted by atomic mass is 19.4. The van der Waals surface area contributed by atoms with E-state index in [9.17, 15) is 22.8 Å². The maximum absolute atomic E-state index is 12.9. The highest BCUT2D eigenvalue weighted by Crippen LogP contribution is 2.30. The van der Waals surface area contributed by atoms with E-state index in [1.165, 1.54) is 35.1 Å². The van der Waals surface area contributed by atoms with Crippen molar-refractivity contribution >= 4 is 17.5 Å². The number of alkyl halides is 3. The number of nitrogens with two attached hydrogens (primary N) is 1. The van der Waals surface area contributed by atoms with E-state index in [0.717, 1.165) is 12.1 Å². The summed E-state index contributed by atoms with van der Waals surface area (Å²) in [4.78, 5) is 23.8. The Balaban J connectivity index is 1.88. The van der Waals surface area contributed by atoms with Gasteiger partial charge in [-0.3, -0.25) is 9.59 Å². The van der Waals surface area contributed by atoms with Crippen LogP contribution in [0.15, 0.2) is 54.7 Å². The van der Waals surface area contributed by atoms with Gasteiger partial charge in [0.1, 0.15) is 0 Å². The first-order valence-electron chi connectivity index (χ1n) is 8.10. The molecule has 2 aromatic carbocycles. The van der Waals surface area contributed by atoms with Crippen LogP contribution in [0.5, 0.6) is 0 Å². The third-order valence-corrected chi connectivity index (χ3v) is 4.08. The number of hydrogen-bond acceptors (Lipinski definition) is 3. The number of carbonyl (C=O) groups excluding carboxylic acids is 2. The summed E-state index contributed by atoms with van der Waals surface area (Å²) in [6.07, 6.45) is -3.22. The summed E-state index contributed by atoms with van der Waals surface area (Å²) in [5.41, 5.74) is 5.72. The first-order chi connectivity index (χ1) is 13.2. The monoisotopic (exact) mass is 388 g/mol. The first kappa shape index (κ1) is 19.2. The molecule has 0 spiro atoms. The van der Waals surface area contributed by atoms with Gasteiger partial charge >= 0.3 is 6.18 Å². The van der Waals surface area contributed by atoms with Crippen molar-refractivity contribution in [2.45, 2.75) is 13.1 Å². The summed E-state index contributed by atoms with van der Waals surface area (Å²) < 4.78 is 40.0. The molecule has 3 rings (SSSR count). The number of nitrogens with zero attached hydrogens (tertiary/aromatic N) is 2. The molecule has 0 atom stereocenters. The average Bonchev–Trinajstić information content (AvgIpc) is 3.03. The Kier molecular flexibility index (Phi) is 4.91. The van der Waals surface area contributed by atoms with Crippen molar-refractivity contribution in [3.63, 3.8) is 0 Å². The number of benzene rings is 2. The zero-order chi connectivity index (χ0) is 20.5. The number of aromatic nitrogens is 2. The van der Waals surface area contributed by atoms with Crippen molar-refractivity contribution in [1.82, 2.24) is 9.78 Å². The summed E-state index contributed by atoms with van der Waals surface area (Å²) in [5, 5.41) is 6.65. The Hall–Kier alpha value is -3.62. The van der Waals surface area contributed by atoms with E-state index in [1.54, 1.807) is 19.1 Å². The van der Waals surface area contributed by atoms with Crippen LogP contribution >= 0.6 is 0 Å². The lowest BCUT2D eigenvalue weighted by atomic mass is 10.1. The van der Waals surface area contributed by atoms with Crippen LogP contribution in [0.25, 0.3) is 5.69 Å². The van der Waals surface area contributed by atoms with Crippen LogP contribution in [0.4, 0.5) is 18.9 Å². The van der Waals surface area contributed by atoms with Crippen LogP contribution in [-0.4, -0.2) is 21.6 Å². The zero-order valence-corrected chi connectivity index (χ0v) is 14.6. The standard InChI is InChI=1S/C19H15F3N4O2/c1-11-16(18(28)25-14-6-2-4-12(8-14)17(23)27)10-24-26(11)15-7-3-5-13(9-15)19(20,21)22/h2-10H,1H3,(H2,23,27)(H,25,28). The molecule has 0 aliphatic carbocycles. The number of carbonyl (C=O) groups is 2. The highest BCUT2D eigenvalue weighted by Gasteiger charge is 2.30. The van der Waals surface area contributed by atoms with Gasteiger partial charge in [0.15, 0.2) is 0 Å². The molecule has 3 aromatic rings. The number of halogens is 3. The first-order valence-corrected chi connectivity index (χ1v) is 8.10. The van der Waals surface area contributed by atoms with E-state index >= 15 is 0 Å². The molecule has 0 saturated carbocycles. The zero-order valence-electron chi connectivity index (χ0n) is 14.6. The molecule has 0 saturated heterocycles. The molecule has 6 nitrogen and oxygen atoms in total. The van der Waals surface area contributed by atoms with Gasteiger partial charge in [0.05, 0.1) is 28.7 Å². The summed E-state index contributed by atoms with van der Waals surface area (Å²) in [6, 6.07) is 10.7. The third kappa shape index (κ3) is 3.88. The SMILES string of the molecule is Cc1c(C(=O)Nc2cccc(C(N)=O)c2)cnn1-c1cccc(C(F)(F)F)c1. The van der Waals surface area contributed by atoms with Gasteiger partial charge in [0, 0.05) is 11.3 Å². The van der Waals surface area contributed by atoms with Crippen molar-refractivity contribution in [1.29, 1.82) is 0 Å². The minimum absolute atomic E-state index is 0.182. The fourth-order valence-electron chi connectivity index (χ4n) is 2.66. The van der Waals surface area contributed by atoms with Gasteiger partial charge in [-0.1, -0.05) is 12.1 Å². The maximum atomic E-state index is 12.9. The predicted octanol–water partition coefficient (Wildman–Crippen LogP) is 3.55. The van der Waals surface area contributed by atoms with Gasteiger partial charge in [-0.15, -0.1) is 0 Å². The van der Waals surface area contributed by atoms with Crippen LogP contribution < -0.4 is 11.1 Å². The third-order valence-electron chi connectivity index (χ3n) is 4.08. The molecule has 9 heteroatoms. The molecule has 28 heavy (non-hydrogen) atoms. The molecule has 1 aromatic heterocycles. The van der Waals surface area contributed by atoms with Gasteiger partial charge in [0.25, 0.3) is 5.91 Å². The van der Waals surface area contributed by atoms with Gasteiger partial charge in [-0.2, -0.15) is 18.3 Å². The fourth-order valence-corrected chi connectivity index (χ4v) is 2.66. The van der Waals surface area contributed by atoms with E-state index in [1.807, 2.05) is 0 Å². The van der Waals surface area contributed by atoms with E-state index < -0.39 is 23.6 Å². The molecule has 0 aliphatic heterocycles. The Morgan fingerprint density at radius 1 is 1.11 bits per heavy atom. The molecule has 3 N–H and O–H groups in total. The number of nitrogens with one attached hydrogen (secondary N) is 1. The molecular formula is C19H15F3N4O2. The smallest absolute Gasteiger partial charge is 0.366 e. The van der Waals surface area contributed by atoms with Crippen LogP contribution in [0, 0.1) is 6.92 Å². The van der Waals surface area contributed by atoms with E-state index in [2.05, 4.69) is 10.4 Å². The summed E-state index contributed by atoms with van der Waals surface area (Å²) in [6.45, 7) is 1.57. The molecule has 2 amide bonds. The van der Waals surface area contributed by atoms with Gasteiger partial charge < -0.3 is 11.1 Å². The maximum Gasteiger partial charge on any atom is 0.416 e. The second-order valence-electron chi connectivity index (χ2n) is 6.00. The van der Waals surface area contributed by atoms with Crippen molar-refractivity contribution in [2.75, 3.05) is 5.32 Å². The number of primary amides is 1. The summed E-state index contributed by atoms with van der Waals surface area (Å²) >= 11 is 0. The predicted molar refractivity (Wildman–Crippen MR) is 96.2 cm³/mol. The van der Waals surface area contributed by atoms with Crippen LogP contribution in [0.3, 0.4) is 0 Å². The second kappa shape index (κ2) is 7.18. The van der Waals surface area contributed by atoms with Crippen molar-refractivity contribution in [2.24, 2.45) is 5.73 Å². The summed E-state index contributed by atoms with van der Waals surface area (Å²) in [7, 11) is 0. The quantitative estimate of drug-likeness (QED) is 0.716. The van der Waals surface area contributed by atoms with Crippen LogP contribution in [0.1, 0.15) is 32.0 Å². The minimum Gasteiger partial charge on any atom is -0.366 e. The molecule has 0 radical (unpaired) electrons. The molecule has 0 unspecified atom stereocenters. The van der Waals surface area contributed by atoms with Crippen LogP contribution in [-0.2, 0) is 6.18 Å². The molecule has 144 valence electrons. The van der Waals surface area contributed by atoms with Crippen molar-refractivity contribution in [3.8, 4) is 5.69 Å². The number of anilines is 1. The van der Waals surface area contributed by atoms with E-state index in [4.69, 9.17) is 5.73 Å². The largest absolute Gasteiger partial charge is 0.416 e. The molecule has 0 fully saturated rings. The van der Waals surface area contributed by atoms with Crippen LogP contribution in [0.2, 0.25) is 0 Å². The van der Waals surface area contributed by atoms with Crippen molar-refractivity contribution < 1.29 is 22.8 Å². The Morgan fingerprint density at radius 2 is 1.82 bits per heavy atom. The summed E-state index contributed by atoms with van der Waals surface area (Å²) in [5.74, 6) is -1.15.